The van der Waals surface area contributed by atoms with Crippen LogP contribution in [0.3, 0.4) is 0 Å². The molecule has 2 aromatic rings. The van der Waals surface area contributed by atoms with Crippen molar-refractivity contribution in [1.29, 1.82) is 0 Å². The Kier molecular flexibility index (Phi) is 6.48. The molecular weight excluding hydrogens is 350 g/mol. The van der Waals surface area contributed by atoms with Gasteiger partial charge < -0.3 is 9.47 Å². The van der Waals surface area contributed by atoms with E-state index in [4.69, 9.17) is 9.47 Å². The van der Waals surface area contributed by atoms with Crippen molar-refractivity contribution in [3.8, 4) is 11.5 Å². The van der Waals surface area contributed by atoms with Gasteiger partial charge in [0.15, 0.2) is 11.5 Å². The van der Waals surface area contributed by atoms with Crippen LogP contribution in [0.15, 0.2) is 35.4 Å². The fourth-order valence-electron chi connectivity index (χ4n) is 2.58. The molecule has 2 rings (SSSR count). The highest BCUT2D eigenvalue weighted by atomic mass is 16.6. The van der Waals surface area contributed by atoms with Crippen molar-refractivity contribution in [2.45, 2.75) is 20.3 Å². The van der Waals surface area contributed by atoms with Gasteiger partial charge >= 0.3 is 0 Å². The maximum absolute atomic E-state index is 12.1. The van der Waals surface area contributed by atoms with E-state index in [2.05, 4.69) is 10.5 Å². The van der Waals surface area contributed by atoms with Crippen molar-refractivity contribution in [3.05, 3.63) is 62.7 Å². The molecule has 0 aliphatic carbocycles. The van der Waals surface area contributed by atoms with Gasteiger partial charge in [-0.25, -0.2) is 5.43 Å². The second-order valence-corrected chi connectivity index (χ2v) is 5.92. The van der Waals surface area contributed by atoms with Crippen LogP contribution in [0.4, 0.5) is 5.69 Å². The molecule has 0 saturated carbocycles. The van der Waals surface area contributed by atoms with Crippen molar-refractivity contribution in [2.24, 2.45) is 5.10 Å². The molecule has 0 bridgehead atoms. The Morgan fingerprint density at radius 1 is 1.19 bits per heavy atom. The van der Waals surface area contributed by atoms with E-state index in [0.29, 0.717) is 5.75 Å². The van der Waals surface area contributed by atoms with Gasteiger partial charge in [-0.15, -0.1) is 0 Å². The number of ether oxygens (including phenoxy) is 2. The van der Waals surface area contributed by atoms with Crippen LogP contribution in [-0.2, 0) is 11.2 Å². The number of carbonyl (C=O) groups is 1. The molecule has 0 heterocycles. The van der Waals surface area contributed by atoms with Gasteiger partial charge in [0.2, 0.25) is 5.91 Å². The first-order valence-electron chi connectivity index (χ1n) is 8.14. The lowest BCUT2D eigenvalue weighted by Crippen LogP contribution is -2.20. The normalized spacial score (nSPS) is 10.7. The SMILES string of the molecule is COc1cc(/C=N\NC(=O)Cc2ccc(C)cc2C)c([N+](=O)[O-])cc1OC. The van der Waals surface area contributed by atoms with Gasteiger partial charge in [-0.2, -0.15) is 5.10 Å². The van der Waals surface area contributed by atoms with Gasteiger partial charge in [-0.1, -0.05) is 23.8 Å². The summed E-state index contributed by atoms with van der Waals surface area (Å²) >= 11 is 0. The van der Waals surface area contributed by atoms with E-state index in [9.17, 15) is 14.9 Å². The zero-order valence-electron chi connectivity index (χ0n) is 15.6. The first-order valence-corrected chi connectivity index (χ1v) is 8.14. The average molecular weight is 371 g/mol. The number of hydrazone groups is 1. The van der Waals surface area contributed by atoms with Gasteiger partial charge in [0.05, 0.1) is 43.4 Å². The molecule has 0 fully saturated rings. The second kappa shape index (κ2) is 8.79. The Balaban J connectivity index is 2.15. The summed E-state index contributed by atoms with van der Waals surface area (Å²) in [5.41, 5.74) is 5.40. The number of nitrogens with one attached hydrogen (secondary N) is 1. The Morgan fingerprint density at radius 2 is 1.85 bits per heavy atom. The molecule has 142 valence electrons. The van der Waals surface area contributed by atoms with E-state index in [0.717, 1.165) is 16.7 Å². The molecule has 2 aromatic carbocycles. The third kappa shape index (κ3) is 5.04. The molecule has 8 nitrogen and oxygen atoms in total. The maximum atomic E-state index is 12.1. The minimum atomic E-state index is -0.555. The van der Waals surface area contributed by atoms with Crippen LogP contribution >= 0.6 is 0 Å². The van der Waals surface area contributed by atoms with Crippen LogP contribution in [0.5, 0.6) is 11.5 Å². The largest absolute Gasteiger partial charge is 0.493 e. The highest BCUT2D eigenvalue weighted by Gasteiger charge is 2.18. The van der Waals surface area contributed by atoms with Crippen molar-refractivity contribution in [2.75, 3.05) is 14.2 Å². The van der Waals surface area contributed by atoms with Crippen molar-refractivity contribution in [3.63, 3.8) is 0 Å². The molecule has 8 heteroatoms. The molecular formula is C19H21N3O5. The number of hydrogen-bond acceptors (Lipinski definition) is 6. The van der Waals surface area contributed by atoms with E-state index < -0.39 is 4.92 Å². The van der Waals surface area contributed by atoms with Gasteiger partial charge in [0, 0.05) is 0 Å². The maximum Gasteiger partial charge on any atom is 0.282 e. The third-order valence-corrected chi connectivity index (χ3v) is 3.97. The van der Waals surface area contributed by atoms with E-state index in [1.807, 2.05) is 32.0 Å². The Hall–Kier alpha value is -3.42. The molecule has 0 aromatic heterocycles. The third-order valence-electron chi connectivity index (χ3n) is 3.97. The number of nitrogens with zero attached hydrogens (tertiary/aromatic N) is 2. The first-order chi connectivity index (χ1) is 12.8. The lowest BCUT2D eigenvalue weighted by Gasteiger charge is -2.08. The number of amides is 1. The van der Waals surface area contributed by atoms with E-state index in [1.54, 1.807) is 0 Å². The molecule has 1 N–H and O–H groups in total. The molecule has 0 spiro atoms. The van der Waals surface area contributed by atoms with Crippen molar-refractivity contribution >= 4 is 17.8 Å². The Bertz CT molecular complexity index is 893. The topological polar surface area (TPSA) is 103 Å². The first kappa shape index (κ1) is 19.9. The van der Waals surface area contributed by atoms with Crippen LogP contribution in [0.1, 0.15) is 22.3 Å². The summed E-state index contributed by atoms with van der Waals surface area (Å²) in [6.07, 6.45) is 1.37. The number of benzene rings is 2. The van der Waals surface area contributed by atoms with E-state index in [-0.39, 0.29) is 29.3 Å². The zero-order valence-corrected chi connectivity index (χ0v) is 15.6. The van der Waals surface area contributed by atoms with Crippen LogP contribution in [0, 0.1) is 24.0 Å². The molecule has 0 unspecified atom stereocenters. The predicted molar refractivity (Wildman–Crippen MR) is 102 cm³/mol. The monoisotopic (exact) mass is 371 g/mol. The smallest absolute Gasteiger partial charge is 0.282 e. The molecule has 27 heavy (non-hydrogen) atoms. The summed E-state index contributed by atoms with van der Waals surface area (Å²) in [6.45, 7) is 3.92. The molecule has 0 atom stereocenters. The molecule has 0 radical (unpaired) electrons. The summed E-state index contributed by atoms with van der Waals surface area (Å²) in [5, 5.41) is 15.1. The Labute approximate surface area is 157 Å². The fraction of sp³-hybridized carbons (Fsp3) is 0.263. The predicted octanol–water partition coefficient (Wildman–Crippen LogP) is 2.92. The number of aryl methyl sites for hydroxylation is 2. The van der Waals surface area contributed by atoms with Crippen molar-refractivity contribution in [1.82, 2.24) is 5.43 Å². The van der Waals surface area contributed by atoms with Crippen LogP contribution in [0.2, 0.25) is 0 Å². The number of methoxy groups -OCH3 is 2. The molecule has 0 saturated heterocycles. The lowest BCUT2D eigenvalue weighted by molar-refractivity contribution is -0.385. The second-order valence-electron chi connectivity index (χ2n) is 5.92. The summed E-state index contributed by atoms with van der Waals surface area (Å²) in [5.74, 6) is 0.243. The van der Waals surface area contributed by atoms with Crippen LogP contribution in [0.25, 0.3) is 0 Å². The molecule has 1 amide bonds. The number of hydrogen-bond donors (Lipinski definition) is 1. The zero-order chi connectivity index (χ0) is 20.0. The van der Waals surface area contributed by atoms with E-state index >= 15 is 0 Å². The van der Waals surface area contributed by atoms with Crippen LogP contribution < -0.4 is 14.9 Å². The summed E-state index contributed by atoms with van der Waals surface area (Å²) in [7, 11) is 2.82. The summed E-state index contributed by atoms with van der Waals surface area (Å²) in [6, 6.07) is 8.51. The highest BCUT2D eigenvalue weighted by molar-refractivity contribution is 5.88. The number of carbonyl (C=O) groups excluding carboxylic acids is 1. The number of nitro benzene ring substituents is 1. The minimum Gasteiger partial charge on any atom is -0.493 e. The minimum absolute atomic E-state index is 0.164. The molecule has 0 aliphatic heterocycles. The van der Waals surface area contributed by atoms with Gasteiger partial charge in [-0.3, -0.25) is 14.9 Å². The molecule has 0 aliphatic rings. The highest BCUT2D eigenvalue weighted by Crippen LogP contribution is 2.33. The lowest BCUT2D eigenvalue weighted by atomic mass is 10.0. The van der Waals surface area contributed by atoms with Crippen molar-refractivity contribution < 1.29 is 19.2 Å². The summed E-state index contributed by atoms with van der Waals surface area (Å²) in [4.78, 5) is 22.8. The average Bonchev–Trinajstić information content (AvgIpc) is 2.63. The van der Waals surface area contributed by atoms with Gasteiger partial charge in [0.25, 0.3) is 5.69 Å². The van der Waals surface area contributed by atoms with E-state index in [1.165, 1.54) is 32.6 Å². The number of nitro groups is 1. The Morgan fingerprint density at radius 3 is 2.44 bits per heavy atom. The van der Waals surface area contributed by atoms with Gasteiger partial charge in [0.1, 0.15) is 0 Å². The van der Waals surface area contributed by atoms with Gasteiger partial charge in [-0.05, 0) is 31.0 Å². The standard InChI is InChI=1S/C19H21N3O5/c1-12-5-6-14(13(2)7-12)9-19(23)21-20-11-15-8-17(26-3)18(27-4)10-16(15)22(24)25/h5-8,10-11H,9H2,1-4H3,(H,21,23)/b20-11-. The number of rotatable bonds is 7. The fourth-order valence-corrected chi connectivity index (χ4v) is 2.58. The van der Waals surface area contributed by atoms with Crippen LogP contribution in [-0.4, -0.2) is 31.3 Å². The quantitative estimate of drug-likeness (QED) is 0.458. The summed E-state index contributed by atoms with van der Waals surface area (Å²) < 4.78 is 10.2.